The van der Waals surface area contributed by atoms with E-state index in [1.807, 2.05) is 57.2 Å². The number of esters is 1. The Kier molecular flexibility index (Phi) is 11.0. The number of aromatic hydroxyl groups is 1. The van der Waals surface area contributed by atoms with Gasteiger partial charge in [-0.25, -0.2) is 0 Å². The van der Waals surface area contributed by atoms with E-state index in [-0.39, 0.29) is 17.1 Å². The summed E-state index contributed by atoms with van der Waals surface area (Å²) in [5, 5.41) is 15.4. The number of hydrogen-bond donors (Lipinski definition) is 2. The van der Waals surface area contributed by atoms with Gasteiger partial charge in [-0.1, -0.05) is 78.0 Å². The molecule has 186 valence electrons. The summed E-state index contributed by atoms with van der Waals surface area (Å²) < 4.78 is 5.42. The molecule has 0 aromatic heterocycles. The molecule has 6 nitrogen and oxygen atoms in total. The highest BCUT2D eigenvalue weighted by atomic mass is 16.5. The fourth-order valence-electron chi connectivity index (χ4n) is 3.75. The second-order valence-corrected chi connectivity index (χ2v) is 9.71. The number of aryl methyl sites for hydroxylation is 1. The van der Waals surface area contributed by atoms with Gasteiger partial charge in [-0.05, 0) is 42.0 Å². The van der Waals surface area contributed by atoms with Gasteiger partial charge in [-0.2, -0.15) is 5.10 Å². The van der Waals surface area contributed by atoms with E-state index < -0.39 is 0 Å². The maximum Gasteiger partial charge on any atom is 0.306 e. The first-order valence-electron chi connectivity index (χ1n) is 12.4. The molecule has 1 aliphatic rings. The molecule has 0 saturated carbocycles. The molecule has 0 aliphatic heterocycles. The summed E-state index contributed by atoms with van der Waals surface area (Å²) in [5.41, 5.74) is 6.44. The van der Waals surface area contributed by atoms with Gasteiger partial charge in [0.15, 0.2) is 0 Å². The molecule has 2 N–H and O–H groups in total. The molecule has 34 heavy (non-hydrogen) atoms. The van der Waals surface area contributed by atoms with Crippen LogP contribution in [0.4, 0.5) is 5.69 Å². The summed E-state index contributed by atoms with van der Waals surface area (Å²) in [6, 6.07) is 3.82. The van der Waals surface area contributed by atoms with Crippen molar-refractivity contribution >= 4 is 23.1 Å². The Bertz CT molecular complexity index is 937. The molecule has 0 spiro atoms. The molecular formula is C28H41N3O3. The molecular weight excluding hydrogens is 426 g/mol. The van der Waals surface area contributed by atoms with Crippen molar-refractivity contribution in [3.8, 4) is 5.75 Å². The van der Waals surface area contributed by atoms with Gasteiger partial charge in [-0.3, -0.25) is 15.2 Å². The second kappa shape index (κ2) is 13.7. The summed E-state index contributed by atoms with van der Waals surface area (Å²) in [5.74, 6) is -0.0202. The van der Waals surface area contributed by atoms with E-state index in [2.05, 4.69) is 22.4 Å². The number of unbranched alkanes of at least 4 members (excludes halogenated alkanes) is 5. The number of carbonyl (C=O) groups excluding carboxylic acids is 1. The molecule has 2 rings (SSSR count). The fourth-order valence-corrected chi connectivity index (χ4v) is 3.75. The van der Waals surface area contributed by atoms with Gasteiger partial charge in [0.25, 0.3) is 0 Å². The lowest BCUT2D eigenvalue weighted by atomic mass is 9.84. The highest BCUT2D eigenvalue weighted by Gasteiger charge is 2.22. The summed E-state index contributed by atoms with van der Waals surface area (Å²) in [7, 11) is 1.72. The highest BCUT2D eigenvalue weighted by Crippen LogP contribution is 2.37. The third-order valence-electron chi connectivity index (χ3n) is 5.78. The van der Waals surface area contributed by atoms with Crippen LogP contribution in [0.25, 0.3) is 0 Å². The van der Waals surface area contributed by atoms with Crippen LogP contribution < -0.4 is 5.43 Å². The van der Waals surface area contributed by atoms with Crippen molar-refractivity contribution in [1.82, 2.24) is 0 Å². The maximum absolute atomic E-state index is 12.3. The van der Waals surface area contributed by atoms with Gasteiger partial charge in [0.2, 0.25) is 0 Å². The third kappa shape index (κ3) is 8.81. The number of aliphatic imine (C=N–C) groups is 1. The molecule has 0 atom stereocenters. The van der Waals surface area contributed by atoms with Crippen LogP contribution in [0.2, 0.25) is 0 Å². The van der Waals surface area contributed by atoms with E-state index in [0.29, 0.717) is 30.8 Å². The van der Waals surface area contributed by atoms with Crippen molar-refractivity contribution in [3.63, 3.8) is 0 Å². The number of benzene rings is 1. The molecule has 0 unspecified atom stereocenters. The molecule has 1 aromatic rings. The highest BCUT2D eigenvalue weighted by molar-refractivity contribution is 6.51. The number of rotatable bonds is 12. The first-order valence-corrected chi connectivity index (χ1v) is 12.4. The normalized spacial score (nSPS) is 15.8. The molecule has 0 bridgehead atoms. The van der Waals surface area contributed by atoms with Crippen LogP contribution in [0.1, 0.15) is 83.8 Å². The van der Waals surface area contributed by atoms with Crippen LogP contribution in [0.5, 0.6) is 5.75 Å². The van der Waals surface area contributed by atoms with Crippen molar-refractivity contribution in [1.29, 1.82) is 0 Å². The number of hydrazone groups is 1. The zero-order valence-corrected chi connectivity index (χ0v) is 21.5. The lowest BCUT2D eigenvalue weighted by Crippen LogP contribution is -2.15. The van der Waals surface area contributed by atoms with Crippen molar-refractivity contribution in [2.75, 3.05) is 19.1 Å². The zero-order chi connectivity index (χ0) is 25.0. The zero-order valence-electron chi connectivity index (χ0n) is 21.5. The molecule has 0 radical (unpaired) electrons. The average Bonchev–Trinajstić information content (AvgIpc) is 2.81. The Hall–Kier alpha value is -2.89. The Labute approximate surface area is 204 Å². The lowest BCUT2D eigenvalue weighted by molar-refractivity contribution is -0.143. The van der Waals surface area contributed by atoms with Crippen molar-refractivity contribution < 1.29 is 14.6 Å². The van der Waals surface area contributed by atoms with Gasteiger partial charge in [0.05, 0.1) is 18.0 Å². The van der Waals surface area contributed by atoms with Crippen LogP contribution in [-0.4, -0.2) is 36.2 Å². The topological polar surface area (TPSA) is 83.3 Å². The number of nitrogens with one attached hydrogen (secondary N) is 1. The predicted octanol–water partition coefficient (Wildman–Crippen LogP) is 6.49. The minimum absolute atomic E-state index is 0.163. The number of ether oxygens (including phenoxy) is 1. The number of anilines is 1. The maximum atomic E-state index is 12.3. The smallest absolute Gasteiger partial charge is 0.306 e. The van der Waals surface area contributed by atoms with E-state index in [0.717, 1.165) is 29.7 Å². The number of carbonyl (C=O) groups is 1. The quantitative estimate of drug-likeness (QED) is 0.121. The molecule has 6 heteroatoms. The monoisotopic (exact) mass is 467 g/mol. The van der Waals surface area contributed by atoms with E-state index in [4.69, 9.17) is 4.74 Å². The molecule has 1 aromatic carbocycles. The first-order chi connectivity index (χ1) is 16.3. The van der Waals surface area contributed by atoms with Crippen LogP contribution in [0.15, 0.2) is 46.5 Å². The van der Waals surface area contributed by atoms with E-state index >= 15 is 0 Å². The van der Waals surface area contributed by atoms with Crippen LogP contribution in [0.3, 0.4) is 0 Å². The van der Waals surface area contributed by atoms with Crippen LogP contribution >= 0.6 is 0 Å². The minimum Gasteiger partial charge on any atom is -0.505 e. The number of allylic oxidation sites excluding steroid dienone is 4. The Balaban J connectivity index is 2.03. The average molecular weight is 468 g/mol. The SMILES string of the molecule is CCCCCCCCOC(=O)CCc1cc(N/N=C2/C=CC=C/C2=N/C)c(O)c(C(C)(C)C)c1. The number of phenols is 1. The van der Waals surface area contributed by atoms with Gasteiger partial charge in [0, 0.05) is 19.0 Å². The second-order valence-electron chi connectivity index (χ2n) is 9.71. The largest absolute Gasteiger partial charge is 0.505 e. The van der Waals surface area contributed by atoms with Crippen molar-refractivity contribution in [2.45, 2.75) is 84.5 Å². The summed E-state index contributed by atoms with van der Waals surface area (Å²) in [6.45, 7) is 8.84. The number of phenolic OH excluding ortho intramolecular Hbond substituents is 1. The van der Waals surface area contributed by atoms with Crippen LogP contribution in [0, 0.1) is 0 Å². The van der Waals surface area contributed by atoms with Gasteiger partial charge in [-0.15, -0.1) is 0 Å². The summed E-state index contributed by atoms with van der Waals surface area (Å²) in [6.07, 6.45) is 15.4. The Morgan fingerprint density at radius 1 is 1.03 bits per heavy atom. The van der Waals surface area contributed by atoms with E-state index in [9.17, 15) is 9.90 Å². The molecule has 0 heterocycles. The summed E-state index contributed by atoms with van der Waals surface area (Å²) in [4.78, 5) is 16.5. The molecule has 0 fully saturated rings. The minimum atomic E-state index is -0.272. The number of hydrogen-bond acceptors (Lipinski definition) is 6. The molecule has 0 saturated heterocycles. The van der Waals surface area contributed by atoms with E-state index in [1.54, 1.807) is 7.05 Å². The first kappa shape index (κ1) is 27.4. The van der Waals surface area contributed by atoms with Gasteiger partial charge >= 0.3 is 5.97 Å². The Morgan fingerprint density at radius 2 is 1.71 bits per heavy atom. The van der Waals surface area contributed by atoms with Crippen molar-refractivity contribution in [3.05, 3.63) is 47.6 Å². The van der Waals surface area contributed by atoms with Gasteiger partial charge < -0.3 is 9.84 Å². The molecule has 0 amide bonds. The fraction of sp³-hybridized carbons (Fsp3) is 0.536. The van der Waals surface area contributed by atoms with E-state index in [1.165, 1.54) is 25.7 Å². The summed E-state index contributed by atoms with van der Waals surface area (Å²) >= 11 is 0. The third-order valence-corrected chi connectivity index (χ3v) is 5.78. The van der Waals surface area contributed by atoms with Crippen molar-refractivity contribution in [2.24, 2.45) is 10.1 Å². The van der Waals surface area contributed by atoms with Crippen LogP contribution in [-0.2, 0) is 21.4 Å². The predicted molar refractivity (Wildman–Crippen MR) is 142 cm³/mol. The number of nitrogens with zero attached hydrogens (tertiary/aromatic N) is 2. The Morgan fingerprint density at radius 3 is 2.38 bits per heavy atom. The molecule has 1 aliphatic carbocycles. The van der Waals surface area contributed by atoms with Gasteiger partial charge in [0.1, 0.15) is 11.5 Å². The lowest BCUT2D eigenvalue weighted by Gasteiger charge is -2.23. The standard InChI is InChI=1S/C28H41N3O3/c1-6-7-8-9-10-13-18-34-26(32)17-16-21-19-22(28(2,3)4)27(33)25(20-21)31-30-24-15-12-11-14-23(24)29-5/h11-12,14-15,19-20,31,33H,6-10,13,16-18H2,1-5H3/b29-23-,30-24-.